The molecule has 0 fully saturated rings. The second kappa shape index (κ2) is 6.54. The minimum Gasteiger partial charge on any atom is -0.493 e. The fourth-order valence-corrected chi connectivity index (χ4v) is 3.43. The van der Waals surface area contributed by atoms with Gasteiger partial charge in [0.25, 0.3) is 0 Å². The molecule has 2 aromatic carbocycles. The lowest BCUT2D eigenvalue weighted by Gasteiger charge is -2.27. The van der Waals surface area contributed by atoms with Gasteiger partial charge >= 0.3 is 0 Å². The Morgan fingerprint density at radius 1 is 1.11 bits per heavy atom. The van der Waals surface area contributed by atoms with Crippen molar-refractivity contribution in [2.24, 2.45) is 5.73 Å². The Kier molecular flexibility index (Phi) is 4.05. The summed E-state index contributed by atoms with van der Waals surface area (Å²) in [5, 5.41) is 10.7. The number of ether oxygens (including phenoxy) is 3. The van der Waals surface area contributed by atoms with Gasteiger partial charge < -0.3 is 19.9 Å². The second-order valence-corrected chi connectivity index (χ2v) is 6.10. The monoisotopic (exact) mass is 359 g/mol. The van der Waals surface area contributed by atoms with Crippen molar-refractivity contribution >= 4 is 10.9 Å². The van der Waals surface area contributed by atoms with Gasteiger partial charge in [0.15, 0.2) is 17.2 Å². The molecule has 27 heavy (non-hydrogen) atoms. The molecule has 0 aliphatic carbocycles. The van der Waals surface area contributed by atoms with Crippen molar-refractivity contribution in [2.45, 2.75) is 5.92 Å². The molecule has 1 aromatic heterocycles. The van der Waals surface area contributed by atoms with Gasteiger partial charge in [-0.2, -0.15) is 5.26 Å². The summed E-state index contributed by atoms with van der Waals surface area (Å²) in [6, 6.07) is 15.5. The lowest BCUT2D eigenvalue weighted by molar-refractivity contribution is 0.354. The van der Waals surface area contributed by atoms with E-state index in [2.05, 4.69) is 11.1 Å². The molecule has 0 spiro atoms. The van der Waals surface area contributed by atoms with E-state index in [1.807, 2.05) is 42.5 Å². The molecule has 0 saturated carbocycles. The maximum absolute atomic E-state index is 9.72. The van der Waals surface area contributed by atoms with Crippen LogP contribution < -0.4 is 19.9 Å². The number of benzene rings is 2. The van der Waals surface area contributed by atoms with Crippen LogP contribution in [-0.2, 0) is 0 Å². The first kappa shape index (κ1) is 16.7. The first-order valence-corrected chi connectivity index (χ1v) is 8.35. The highest BCUT2D eigenvalue weighted by Gasteiger charge is 2.32. The zero-order valence-electron chi connectivity index (χ0n) is 14.9. The average molecular weight is 359 g/mol. The standard InChI is InChI=1S/C21H17N3O3/c1-25-16-8-6-13(10-17(16)26-2)18-14-7-5-12-4-3-9-24-19(12)20(14)27-21(23)15(18)11-22/h3-10,18H,23H2,1-2H3/t18-/m1/s1. The predicted molar refractivity (Wildman–Crippen MR) is 101 cm³/mol. The molecule has 1 atom stereocenters. The summed E-state index contributed by atoms with van der Waals surface area (Å²) in [6.45, 7) is 0. The van der Waals surface area contributed by atoms with Crippen LogP contribution >= 0.6 is 0 Å². The van der Waals surface area contributed by atoms with Crippen LogP contribution in [0.4, 0.5) is 0 Å². The third-order valence-corrected chi connectivity index (χ3v) is 4.70. The Bertz CT molecular complexity index is 1120. The number of aromatic nitrogens is 1. The number of fused-ring (bicyclic) bond motifs is 3. The van der Waals surface area contributed by atoms with Gasteiger partial charge in [0.05, 0.1) is 20.1 Å². The van der Waals surface area contributed by atoms with Gasteiger partial charge in [0, 0.05) is 17.1 Å². The van der Waals surface area contributed by atoms with Gasteiger partial charge in [-0.1, -0.05) is 24.3 Å². The van der Waals surface area contributed by atoms with Gasteiger partial charge in [-0.05, 0) is 23.8 Å². The molecule has 2 heterocycles. The normalized spacial score (nSPS) is 15.7. The molecular weight excluding hydrogens is 342 g/mol. The Morgan fingerprint density at radius 3 is 2.67 bits per heavy atom. The van der Waals surface area contributed by atoms with Crippen LogP contribution in [0.1, 0.15) is 17.0 Å². The Balaban J connectivity index is 1.97. The fourth-order valence-electron chi connectivity index (χ4n) is 3.43. The van der Waals surface area contributed by atoms with Crippen LogP contribution in [0, 0.1) is 11.3 Å². The molecule has 0 unspecified atom stereocenters. The Labute approximate surface area is 156 Å². The summed E-state index contributed by atoms with van der Waals surface area (Å²) in [4.78, 5) is 4.44. The number of nitrogens with zero attached hydrogens (tertiary/aromatic N) is 2. The molecule has 4 rings (SSSR count). The molecule has 3 aromatic rings. The highest BCUT2D eigenvalue weighted by Crippen LogP contribution is 2.46. The molecule has 0 radical (unpaired) electrons. The van der Waals surface area contributed by atoms with Gasteiger partial charge in [0.2, 0.25) is 5.88 Å². The highest BCUT2D eigenvalue weighted by molar-refractivity contribution is 5.87. The molecular formula is C21H17N3O3. The van der Waals surface area contributed by atoms with Gasteiger partial charge in [-0.15, -0.1) is 0 Å². The van der Waals surface area contributed by atoms with Crippen molar-refractivity contribution in [3.63, 3.8) is 0 Å². The van der Waals surface area contributed by atoms with Crippen molar-refractivity contribution in [1.82, 2.24) is 4.98 Å². The molecule has 0 amide bonds. The largest absolute Gasteiger partial charge is 0.493 e. The number of allylic oxidation sites excluding steroid dienone is 1. The molecule has 6 heteroatoms. The summed E-state index contributed by atoms with van der Waals surface area (Å²) in [6.07, 6.45) is 1.71. The topological polar surface area (TPSA) is 90.4 Å². The van der Waals surface area contributed by atoms with E-state index in [0.717, 1.165) is 16.5 Å². The lowest BCUT2D eigenvalue weighted by Crippen LogP contribution is -2.21. The zero-order valence-corrected chi connectivity index (χ0v) is 14.9. The Hall–Kier alpha value is -3.72. The van der Waals surface area contributed by atoms with E-state index in [4.69, 9.17) is 19.9 Å². The second-order valence-electron chi connectivity index (χ2n) is 6.10. The minimum absolute atomic E-state index is 0.0861. The molecule has 2 N–H and O–H groups in total. The number of methoxy groups -OCH3 is 2. The van der Waals surface area contributed by atoms with Gasteiger partial charge in [-0.25, -0.2) is 0 Å². The Morgan fingerprint density at radius 2 is 1.93 bits per heavy atom. The summed E-state index contributed by atoms with van der Waals surface area (Å²) in [5.41, 5.74) is 8.85. The van der Waals surface area contributed by atoms with Gasteiger partial charge in [0.1, 0.15) is 17.2 Å². The van der Waals surface area contributed by atoms with E-state index in [1.54, 1.807) is 20.4 Å². The van der Waals surface area contributed by atoms with E-state index in [0.29, 0.717) is 28.3 Å². The summed E-state index contributed by atoms with van der Waals surface area (Å²) in [7, 11) is 3.16. The third-order valence-electron chi connectivity index (χ3n) is 4.70. The first-order chi connectivity index (χ1) is 13.2. The van der Waals surface area contributed by atoms with E-state index in [-0.39, 0.29) is 11.8 Å². The summed E-state index contributed by atoms with van der Waals surface area (Å²) >= 11 is 0. The number of rotatable bonds is 3. The number of nitrogens with two attached hydrogens (primary N) is 1. The molecule has 134 valence electrons. The maximum Gasteiger partial charge on any atom is 0.205 e. The maximum atomic E-state index is 9.72. The van der Waals surface area contributed by atoms with Crippen molar-refractivity contribution in [3.8, 4) is 23.3 Å². The van der Waals surface area contributed by atoms with Crippen molar-refractivity contribution in [2.75, 3.05) is 14.2 Å². The number of hydrogen-bond acceptors (Lipinski definition) is 6. The third kappa shape index (κ3) is 2.61. The van der Waals surface area contributed by atoms with E-state index >= 15 is 0 Å². The molecule has 6 nitrogen and oxygen atoms in total. The number of pyridine rings is 1. The van der Waals surface area contributed by atoms with Crippen LogP contribution in [0.5, 0.6) is 17.2 Å². The highest BCUT2D eigenvalue weighted by atomic mass is 16.5. The fraction of sp³-hybridized carbons (Fsp3) is 0.143. The molecule has 1 aliphatic rings. The molecule has 1 aliphatic heterocycles. The van der Waals surface area contributed by atoms with Crippen molar-refractivity contribution < 1.29 is 14.2 Å². The van der Waals surface area contributed by atoms with E-state index in [1.165, 1.54) is 0 Å². The lowest BCUT2D eigenvalue weighted by atomic mass is 9.83. The van der Waals surface area contributed by atoms with Crippen LogP contribution in [0.3, 0.4) is 0 Å². The predicted octanol–water partition coefficient (Wildman–Crippen LogP) is 3.47. The molecule has 0 bridgehead atoms. The van der Waals surface area contributed by atoms with E-state index < -0.39 is 0 Å². The summed E-state index contributed by atoms with van der Waals surface area (Å²) < 4.78 is 16.6. The van der Waals surface area contributed by atoms with E-state index in [9.17, 15) is 5.26 Å². The smallest absolute Gasteiger partial charge is 0.205 e. The van der Waals surface area contributed by atoms with Crippen LogP contribution in [0.2, 0.25) is 0 Å². The zero-order chi connectivity index (χ0) is 19.0. The van der Waals surface area contributed by atoms with Crippen molar-refractivity contribution in [3.05, 3.63) is 71.2 Å². The number of hydrogen-bond donors (Lipinski definition) is 1. The average Bonchev–Trinajstić information content (AvgIpc) is 2.72. The van der Waals surface area contributed by atoms with Crippen molar-refractivity contribution in [1.29, 1.82) is 5.26 Å². The van der Waals surface area contributed by atoms with Crippen LogP contribution in [0.15, 0.2) is 60.1 Å². The minimum atomic E-state index is -0.384. The summed E-state index contributed by atoms with van der Waals surface area (Å²) in [5.74, 6) is 1.47. The van der Waals surface area contributed by atoms with Crippen LogP contribution in [-0.4, -0.2) is 19.2 Å². The number of nitriles is 1. The first-order valence-electron chi connectivity index (χ1n) is 8.35. The quantitative estimate of drug-likeness (QED) is 0.770. The SMILES string of the molecule is COc1ccc([C@H]2C(C#N)=C(N)Oc3c2ccc2cccnc32)cc1OC. The van der Waals surface area contributed by atoms with Gasteiger partial charge in [-0.3, -0.25) is 4.98 Å². The van der Waals surface area contributed by atoms with Crippen LogP contribution in [0.25, 0.3) is 10.9 Å². The molecule has 0 saturated heterocycles.